The Balaban J connectivity index is 0.00000294. The van der Waals surface area contributed by atoms with Crippen molar-refractivity contribution in [1.29, 1.82) is 5.41 Å². The highest BCUT2D eigenvalue weighted by Gasteiger charge is 2.35. The van der Waals surface area contributed by atoms with Crippen molar-refractivity contribution in [2.75, 3.05) is 51.7 Å². The number of halogens is 2. The predicted octanol–water partition coefficient (Wildman–Crippen LogP) is 1.98. The average Bonchev–Trinajstić information content (AvgIpc) is 3.43. The van der Waals surface area contributed by atoms with Gasteiger partial charge in [0.2, 0.25) is 5.91 Å². The molecule has 2 heterocycles. The SMILES string of the molecule is COC(=O)C1CCCN1C(=O)CN1CCN(C(=O)c2ccc(OC(=O)c3ccc(NC(=N)N)cc3)cc2)CC1.Cl.Cl. The Morgan fingerprint density at radius 2 is 1.54 bits per heavy atom. The minimum absolute atomic E-state index is 0. The van der Waals surface area contributed by atoms with Gasteiger partial charge in [-0.2, -0.15) is 0 Å². The van der Waals surface area contributed by atoms with Crippen molar-refractivity contribution in [3.8, 4) is 5.75 Å². The molecule has 0 spiro atoms. The molecule has 2 aliphatic heterocycles. The number of carbonyl (C=O) groups is 4. The van der Waals surface area contributed by atoms with Crippen LogP contribution in [0.25, 0.3) is 0 Å². The molecular formula is C27H34Cl2N6O6. The van der Waals surface area contributed by atoms with Gasteiger partial charge in [0.25, 0.3) is 5.91 Å². The lowest BCUT2D eigenvalue weighted by atomic mass is 10.1. The minimum Gasteiger partial charge on any atom is -0.467 e. The van der Waals surface area contributed by atoms with E-state index in [0.29, 0.717) is 61.7 Å². The number of guanidine groups is 1. The number of piperazine rings is 1. The van der Waals surface area contributed by atoms with Crippen molar-refractivity contribution in [3.05, 3.63) is 59.7 Å². The smallest absolute Gasteiger partial charge is 0.343 e. The summed E-state index contributed by atoms with van der Waals surface area (Å²) in [5.41, 5.74) is 6.66. The van der Waals surface area contributed by atoms with Crippen LogP contribution in [0.2, 0.25) is 0 Å². The van der Waals surface area contributed by atoms with Crippen LogP contribution in [0.5, 0.6) is 5.75 Å². The highest BCUT2D eigenvalue weighted by atomic mass is 35.5. The number of methoxy groups -OCH3 is 1. The van der Waals surface area contributed by atoms with Crippen LogP contribution < -0.4 is 15.8 Å². The van der Waals surface area contributed by atoms with E-state index < -0.39 is 12.0 Å². The Kier molecular flexibility index (Phi) is 12.4. The minimum atomic E-state index is -0.555. The number of nitrogens with two attached hydrogens (primary N) is 1. The number of esters is 2. The summed E-state index contributed by atoms with van der Waals surface area (Å²) in [5.74, 6) is -1.08. The molecule has 4 N–H and O–H groups in total. The lowest BCUT2D eigenvalue weighted by molar-refractivity contribution is -0.151. The molecule has 2 fully saturated rings. The number of likely N-dealkylation sites (tertiary alicyclic amines) is 1. The molecule has 2 aromatic carbocycles. The lowest BCUT2D eigenvalue weighted by Crippen LogP contribution is -2.52. The van der Waals surface area contributed by atoms with Gasteiger partial charge >= 0.3 is 11.9 Å². The normalized spacial score (nSPS) is 16.6. The zero-order valence-electron chi connectivity index (χ0n) is 22.5. The van der Waals surface area contributed by atoms with E-state index in [1.165, 1.54) is 7.11 Å². The molecule has 222 valence electrons. The van der Waals surface area contributed by atoms with Gasteiger partial charge in [0, 0.05) is 44.0 Å². The molecule has 2 aromatic rings. The number of nitrogens with one attached hydrogen (secondary N) is 2. The van der Waals surface area contributed by atoms with Gasteiger partial charge in [-0.3, -0.25) is 19.9 Å². The Labute approximate surface area is 250 Å². The summed E-state index contributed by atoms with van der Waals surface area (Å²) in [6.45, 7) is 2.78. The van der Waals surface area contributed by atoms with Gasteiger partial charge in [-0.05, 0) is 61.4 Å². The molecule has 1 atom stereocenters. The Morgan fingerprint density at radius 3 is 2.12 bits per heavy atom. The highest BCUT2D eigenvalue weighted by Crippen LogP contribution is 2.20. The number of ether oxygens (including phenoxy) is 2. The van der Waals surface area contributed by atoms with Gasteiger partial charge in [0.15, 0.2) is 5.96 Å². The number of hydrogen-bond donors (Lipinski definition) is 3. The standard InChI is InChI=1S/C27H32N6O6.2ClH/c1-38-26(37)22-3-2-12-33(22)23(34)17-31-13-15-32(16-14-31)24(35)18-6-10-21(11-7-18)39-25(36)19-4-8-20(9-5-19)30-27(28)29;;/h4-11,22H,2-3,12-17H2,1H3,(H4,28,29,30);2*1H. The first-order valence-corrected chi connectivity index (χ1v) is 12.7. The second-order valence-electron chi connectivity index (χ2n) is 9.37. The van der Waals surface area contributed by atoms with Gasteiger partial charge in [-0.1, -0.05) is 0 Å². The topological polar surface area (TPSA) is 158 Å². The van der Waals surface area contributed by atoms with Crippen molar-refractivity contribution in [1.82, 2.24) is 14.7 Å². The number of rotatable bonds is 7. The van der Waals surface area contributed by atoms with Gasteiger partial charge in [0.1, 0.15) is 11.8 Å². The number of carbonyl (C=O) groups excluding carboxylic acids is 4. The van der Waals surface area contributed by atoms with Crippen LogP contribution in [0, 0.1) is 5.41 Å². The fraction of sp³-hybridized carbons (Fsp3) is 0.370. The van der Waals surface area contributed by atoms with Crippen molar-refractivity contribution in [3.63, 3.8) is 0 Å². The maximum Gasteiger partial charge on any atom is 0.343 e. The van der Waals surface area contributed by atoms with E-state index in [2.05, 4.69) is 5.32 Å². The number of anilines is 1. The maximum atomic E-state index is 13.0. The zero-order chi connectivity index (χ0) is 27.9. The lowest BCUT2D eigenvalue weighted by Gasteiger charge is -2.35. The molecule has 2 amide bonds. The molecule has 41 heavy (non-hydrogen) atoms. The van der Waals surface area contributed by atoms with Gasteiger partial charge in [-0.15, -0.1) is 24.8 Å². The number of amides is 2. The van der Waals surface area contributed by atoms with Crippen LogP contribution >= 0.6 is 24.8 Å². The molecule has 12 nitrogen and oxygen atoms in total. The summed E-state index contributed by atoms with van der Waals surface area (Å²) in [4.78, 5) is 55.5. The molecule has 2 saturated heterocycles. The molecule has 0 saturated carbocycles. The van der Waals surface area contributed by atoms with E-state index in [4.69, 9.17) is 20.6 Å². The first-order valence-electron chi connectivity index (χ1n) is 12.7. The van der Waals surface area contributed by atoms with Gasteiger partial charge in [0.05, 0.1) is 19.2 Å². The first-order chi connectivity index (χ1) is 18.7. The maximum absolute atomic E-state index is 13.0. The number of benzene rings is 2. The van der Waals surface area contributed by atoms with Crippen LogP contribution in [0.15, 0.2) is 48.5 Å². The van der Waals surface area contributed by atoms with E-state index in [1.807, 2.05) is 4.90 Å². The average molecular weight is 610 g/mol. The largest absolute Gasteiger partial charge is 0.467 e. The van der Waals surface area contributed by atoms with Crippen LogP contribution in [-0.4, -0.2) is 96.8 Å². The Hall–Kier alpha value is -3.87. The fourth-order valence-corrected chi connectivity index (χ4v) is 4.70. The highest BCUT2D eigenvalue weighted by molar-refractivity contribution is 5.95. The van der Waals surface area contributed by atoms with Crippen molar-refractivity contribution >= 4 is 60.2 Å². The van der Waals surface area contributed by atoms with Crippen molar-refractivity contribution in [2.24, 2.45) is 5.73 Å². The van der Waals surface area contributed by atoms with Gasteiger partial charge < -0.3 is 30.3 Å². The van der Waals surface area contributed by atoms with Crippen LogP contribution in [0.3, 0.4) is 0 Å². The Bertz CT molecular complexity index is 1240. The van der Waals surface area contributed by atoms with E-state index in [1.54, 1.807) is 58.3 Å². The van der Waals surface area contributed by atoms with Crippen molar-refractivity contribution < 1.29 is 28.7 Å². The van der Waals surface area contributed by atoms with Crippen LogP contribution in [0.1, 0.15) is 33.6 Å². The molecular weight excluding hydrogens is 575 g/mol. The van der Waals surface area contributed by atoms with Crippen LogP contribution in [0.4, 0.5) is 5.69 Å². The third-order valence-corrected chi connectivity index (χ3v) is 6.78. The number of hydrogen-bond acceptors (Lipinski definition) is 8. The third-order valence-electron chi connectivity index (χ3n) is 6.78. The molecule has 0 bridgehead atoms. The molecule has 0 aliphatic carbocycles. The summed E-state index contributed by atoms with van der Waals surface area (Å²) >= 11 is 0. The summed E-state index contributed by atoms with van der Waals surface area (Å²) < 4.78 is 10.2. The predicted molar refractivity (Wildman–Crippen MR) is 157 cm³/mol. The first kappa shape index (κ1) is 33.3. The molecule has 14 heteroatoms. The summed E-state index contributed by atoms with van der Waals surface area (Å²) in [6.07, 6.45) is 1.39. The summed E-state index contributed by atoms with van der Waals surface area (Å²) in [5, 5.41) is 9.87. The second-order valence-corrected chi connectivity index (χ2v) is 9.37. The Morgan fingerprint density at radius 1 is 0.927 bits per heavy atom. The molecule has 4 rings (SSSR count). The van der Waals surface area contributed by atoms with E-state index in [0.717, 1.165) is 6.42 Å². The third kappa shape index (κ3) is 8.56. The van der Waals surface area contributed by atoms with Crippen LogP contribution in [-0.2, 0) is 14.3 Å². The molecule has 2 aliphatic rings. The molecule has 0 radical (unpaired) electrons. The van der Waals surface area contributed by atoms with E-state index in [-0.39, 0.29) is 55.1 Å². The second kappa shape index (κ2) is 15.2. The van der Waals surface area contributed by atoms with Gasteiger partial charge in [-0.25, -0.2) is 9.59 Å². The van der Waals surface area contributed by atoms with E-state index >= 15 is 0 Å². The molecule has 1 unspecified atom stereocenters. The summed E-state index contributed by atoms with van der Waals surface area (Å²) in [7, 11) is 1.33. The quantitative estimate of drug-likeness (QED) is 0.185. The number of nitrogens with zero attached hydrogens (tertiary/aromatic N) is 3. The van der Waals surface area contributed by atoms with E-state index in [9.17, 15) is 19.2 Å². The fourth-order valence-electron chi connectivity index (χ4n) is 4.70. The zero-order valence-corrected chi connectivity index (χ0v) is 24.2. The molecule has 0 aromatic heterocycles. The monoisotopic (exact) mass is 608 g/mol. The summed E-state index contributed by atoms with van der Waals surface area (Å²) in [6, 6.07) is 12.2. The van der Waals surface area contributed by atoms with Crippen molar-refractivity contribution in [2.45, 2.75) is 18.9 Å².